The van der Waals surface area contributed by atoms with E-state index in [0.717, 1.165) is 46.6 Å². The first kappa shape index (κ1) is 23.1. The van der Waals surface area contributed by atoms with Crippen LogP contribution in [-0.2, 0) is 11.3 Å². The molecule has 1 aliphatic rings. The highest BCUT2D eigenvalue weighted by atomic mass is 32.1. The van der Waals surface area contributed by atoms with E-state index < -0.39 is 0 Å². The minimum Gasteiger partial charge on any atom is -0.493 e. The predicted molar refractivity (Wildman–Crippen MR) is 130 cm³/mol. The van der Waals surface area contributed by atoms with Gasteiger partial charge in [-0.1, -0.05) is 17.4 Å². The van der Waals surface area contributed by atoms with Gasteiger partial charge in [0.2, 0.25) is 16.2 Å². The van der Waals surface area contributed by atoms with Crippen molar-refractivity contribution in [3.05, 3.63) is 47.3 Å². The molecule has 3 aromatic rings. The molecule has 0 unspecified atom stereocenters. The summed E-state index contributed by atoms with van der Waals surface area (Å²) in [4.78, 5) is 15.1. The van der Waals surface area contributed by atoms with E-state index in [1.165, 1.54) is 0 Å². The number of carbonyl (C=O) groups excluding carboxylic acids is 1. The van der Waals surface area contributed by atoms with Crippen molar-refractivity contribution >= 4 is 22.4 Å². The first-order valence-corrected chi connectivity index (χ1v) is 12.1. The van der Waals surface area contributed by atoms with Crippen molar-refractivity contribution in [2.75, 3.05) is 31.7 Å². The molecule has 8 nitrogen and oxygen atoms in total. The molecule has 33 heavy (non-hydrogen) atoms. The topological polar surface area (TPSA) is 81.5 Å². The molecule has 1 atom stereocenters. The van der Waals surface area contributed by atoms with Crippen molar-refractivity contribution < 1.29 is 14.3 Å². The molecule has 0 spiro atoms. The summed E-state index contributed by atoms with van der Waals surface area (Å²) in [5.41, 5.74) is 3.25. The van der Waals surface area contributed by atoms with Crippen LogP contribution < -0.4 is 19.7 Å². The van der Waals surface area contributed by atoms with Gasteiger partial charge in [0.1, 0.15) is 0 Å². The Kier molecular flexibility index (Phi) is 7.17. The molecule has 3 heterocycles. The Labute approximate surface area is 198 Å². The molecule has 176 valence electrons. The Bertz CT molecular complexity index is 1090. The van der Waals surface area contributed by atoms with Crippen molar-refractivity contribution in [3.63, 3.8) is 0 Å². The second kappa shape index (κ2) is 10.2. The SMILES string of the molecule is CCOc1ccc(CNC(=O)[C@@H]2CCCN(c3nnc(-n4c(C)ccc4C)s3)C2)cc1OC. The predicted octanol–water partition coefficient (Wildman–Crippen LogP) is 3.89. The monoisotopic (exact) mass is 469 g/mol. The number of benzene rings is 1. The lowest BCUT2D eigenvalue weighted by Crippen LogP contribution is -2.43. The zero-order chi connectivity index (χ0) is 23.4. The highest BCUT2D eigenvalue weighted by Crippen LogP contribution is 2.30. The Hall–Kier alpha value is -3.07. The van der Waals surface area contributed by atoms with Crippen LogP contribution in [0, 0.1) is 19.8 Å². The molecule has 1 aromatic carbocycles. The zero-order valence-electron chi connectivity index (χ0n) is 19.6. The van der Waals surface area contributed by atoms with Crippen LogP contribution in [0.25, 0.3) is 5.13 Å². The lowest BCUT2D eigenvalue weighted by molar-refractivity contribution is -0.125. The fourth-order valence-corrected chi connectivity index (χ4v) is 5.19. The number of nitrogens with zero attached hydrogens (tertiary/aromatic N) is 4. The molecule has 1 aliphatic heterocycles. The standard InChI is InChI=1S/C24H31N5O3S/c1-5-32-20-11-10-18(13-21(20)31-4)14-25-22(30)19-7-6-12-28(15-19)23-26-27-24(33-23)29-16(2)8-9-17(29)3/h8-11,13,19H,5-7,12,14-15H2,1-4H3,(H,25,30)/t19-/m1/s1. The highest BCUT2D eigenvalue weighted by molar-refractivity contribution is 7.17. The number of carbonyl (C=O) groups is 1. The van der Waals surface area contributed by atoms with Gasteiger partial charge < -0.3 is 19.7 Å². The highest BCUT2D eigenvalue weighted by Gasteiger charge is 2.28. The number of anilines is 1. The maximum absolute atomic E-state index is 12.9. The van der Waals surface area contributed by atoms with E-state index in [-0.39, 0.29) is 11.8 Å². The molecular formula is C24H31N5O3S. The van der Waals surface area contributed by atoms with Crippen LogP contribution in [0.3, 0.4) is 0 Å². The molecule has 1 fully saturated rings. The minimum atomic E-state index is -0.0780. The number of piperidine rings is 1. The molecule has 0 bridgehead atoms. The van der Waals surface area contributed by atoms with E-state index >= 15 is 0 Å². The van der Waals surface area contributed by atoms with E-state index in [1.807, 2.05) is 25.1 Å². The fraction of sp³-hybridized carbons (Fsp3) is 0.458. The molecule has 1 N–H and O–H groups in total. The summed E-state index contributed by atoms with van der Waals surface area (Å²) in [5.74, 6) is 1.37. The maximum atomic E-state index is 12.9. The summed E-state index contributed by atoms with van der Waals surface area (Å²) in [7, 11) is 1.62. The minimum absolute atomic E-state index is 0.0642. The third-order valence-corrected chi connectivity index (χ3v) is 6.89. The summed E-state index contributed by atoms with van der Waals surface area (Å²) >= 11 is 1.57. The van der Waals surface area contributed by atoms with Gasteiger partial charge in [0.05, 0.1) is 19.6 Å². The summed E-state index contributed by atoms with van der Waals surface area (Å²) in [6, 6.07) is 9.91. The second-order valence-electron chi connectivity index (χ2n) is 8.24. The van der Waals surface area contributed by atoms with Crippen molar-refractivity contribution in [1.29, 1.82) is 0 Å². The number of nitrogens with one attached hydrogen (secondary N) is 1. The van der Waals surface area contributed by atoms with Gasteiger partial charge in [0, 0.05) is 31.0 Å². The van der Waals surface area contributed by atoms with Crippen molar-refractivity contribution in [1.82, 2.24) is 20.1 Å². The second-order valence-corrected chi connectivity index (χ2v) is 9.17. The largest absolute Gasteiger partial charge is 0.493 e. The quantitative estimate of drug-likeness (QED) is 0.539. The first-order valence-electron chi connectivity index (χ1n) is 11.3. The van der Waals surface area contributed by atoms with Crippen molar-refractivity contribution in [2.45, 2.75) is 40.2 Å². The molecular weight excluding hydrogens is 438 g/mol. The lowest BCUT2D eigenvalue weighted by Gasteiger charge is -2.31. The van der Waals surface area contributed by atoms with Gasteiger partial charge in [-0.3, -0.25) is 9.36 Å². The number of rotatable bonds is 8. The van der Waals surface area contributed by atoms with E-state index in [2.05, 4.69) is 51.0 Å². The van der Waals surface area contributed by atoms with Gasteiger partial charge in [0.15, 0.2) is 11.5 Å². The number of ether oxygens (including phenoxy) is 2. The normalized spacial score (nSPS) is 16.0. The van der Waals surface area contributed by atoms with E-state index in [1.54, 1.807) is 18.4 Å². The molecule has 4 rings (SSSR count). The maximum Gasteiger partial charge on any atom is 0.225 e. The van der Waals surface area contributed by atoms with E-state index in [0.29, 0.717) is 31.2 Å². The van der Waals surface area contributed by atoms with Gasteiger partial charge in [-0.05, 0) is 63.4 Å². The number of hydrogen-bond donors (Lipinski definition) is 1. The molecule has 0 aliphatic carbocycles. The summed E-state index contributed by atoms with van der Waals surface area (Å²) in [6.45, 7) is 8.63. The number of hydrogen-bond acceptors (Lipinski definition) is 7. The van der Waals surface area contributed by atoms with Gasteiger partial charge >= 0.3 is 0 Å². The first-order chi connectivity index (χ1) is 16.0. The van der Waals surface area contributed by atoms with Gasteiger partial charge in [0.25, 0.3) is 0 Å². The third-order valence-electron chi connectivity index (χ3n) is 5.92. The number of aromatic nitrogens is 3. The molecule has 1 saturated heterocycles. The van der Waals surface area contributed by atoms with Crippen molar-refractivity contribution in [3.8, 4) is 16.6 Å². The Balaban J connectivity index is 1.37. The summed E-state index contributed by atoms with van der Waals surface area (Å²) in [5, 5.41) is 13.6. The summed E-state index contributed by atoms with van der Waals surface area (Å²) < 4.78 is 13.1. The number of methoxy groups -OCH3 is 1. The van der Waals surface area contributed by atoms with Crippen LogP contribution in [0.1, 0.15) is 36.7 Å². The summed E-state index contributed by atoms with van der Waals surface area (Å²) in [6.07, 6.45) is 1.82. The Morgan fingerprint density at radius 3 is 2.64 bits per heavy atom. The smallest absolute Gasteiger partial charge is 0.225 e. The van der Waals surface area contributed by atoms with Crippen LogP contribution in [0.2, 0.25) is 0 Å². The van der Waals surface area contributed by atoms with Crippen LogP contribution >= 0.6 is 11.3 Å². The van der Waals surface area contributed by atoms with Crippen LogP contribution in [-0.4, -0.2) is 47.5 Å². The van der Waals surface area contributed by atoms with Crippen LogP contribution in [0.15, 0.2) is 30.3 Å². The molecule has 0 saturated carbocycles. The van der Waals surface area contributed by atoms with Gasteiger partial charge in [-0.15, -0.1) is 10.2 Å². The zero-order valence-corrected chi connectivity index (χ0v) is 20.4. The third kappa shape index (κ3) is 5.13. The number of aryl methyl sites for hydroxylation is 2. The van der Waals surface area contributed by atoms with Gasteiger partial charge in [-0.2, -0.15) is 0 Å². The van der Waals surface area contributed by atoms with Crippen LogP contribution in [0.4, 0.5) is 5.13 Å². The van der Waals surface area contributed by atoms with E-state index in [9.17, 15) is 4.79 Å². The lowest BCUT2D eigenvalue weighted by atomic mass is 9.97. The molecule has 2 aromatic heterocycles. The van der Waals surface area contributed by atoms with Crippen molar-refractivity contribution in [2.24, 2.45) is 5.92 Å². The molecule has 0 radical (unpaired) electrons. The Morgan fingerprint density at radius 1 is 1.15 bits per heavy atom. The molecule has 1 amide bonds. The number of amides is 1. The van der Waals surface area contributed by atoms with Crippen LogP contribution in [0.5, 0.6) is 11.5 Å². The van der Waals surface area contributed by atoms with E-state index in [4.69, 9.17) is 9.47 Å². The molecule has 9 heteroatoms. The average molecular weight is 470 g/mol. The average Bonchev–Trinajstić information content (AvgIpc) is 3.44. The van der Waals surface area contributed by atoms with Gasteiger partial charge in [-0.25, -0.2) is 0 Å². The Morgan fingerprint density at radius 2 is 1.91 bits per heavy atom. The fourth-order valence-electron chi connectivity index (χ4n) is 4.19.